The zero-order valence-corrected chi connectivity index (χ0v) is 27.4. The van der Waals surface area contributed by atoms with Crippen LogP contribution in [-0.4, -0.2) is 62.1 Å². The van der Waals surface area contributed by atoms with Crippen LogP contribution in [0.1, 0.15) is 52.1 Å². The average Bonchev–Trinajstić information content (AvgIpc) is 3.10. The highest BCUT2D eigenvalue weighted by Crippen LogP contribution is 2.41. The topological polar surface area (TPSA) is 114 Å². The fraction of sp³-hybridized carbons (Fsp3) is 0.316. The second-order valence-corrected chi connectivity index (χ2v) is 11.8. The van der Waals surface area contributed by atoms with Crippen molar-refractivity contribution in [2.24, 2.45) is 11.5 Å². The molecule has 47 heavy (non-hydrogen) atoms. The smallest absolute Gasteiger partial charge is 0.257 e. The van der Waals surface area contributed by atoms with Crippen LogP contribution in [0, 0.1) is 12.7 Å². The zero-order valence-electron chi connectivity index (χ0n) is 27.4. The number of carbonyl (C=O) groups is 2. The fourth-order valence-electron chi connectivity index (χ4n) is 6.32. The molecular weight excluding hydrogens is 593 g/mol. The Morgan fingerprint density at radius 2 is 1.64 bits per heavy atom. The predicted octanol–water partition coefficient (Wildman–Crippen LogP) is 5.76. The van der Waals surface area contributed by atoms with E-state index in [-0.39, 0.29) is 23.4 Å². The third-order valence-corrected chi connectivity index (χ3v) is 8.67. The minimum absolute atomic E-state index is 0.0621. The Morgan fingerprint density at radius 3 is 2.30 bits per heavy atom. The zero-order chi connectivity index (χ0) is 33.5. The van der Waals surface area contributed by atoms with E-state index in [1.807, 2.05) is 86.6 Å². The Hall–Kier alpha value is -4.73. The van der Waals surface area contributed by atoms with Crippen LogP contribution in [-0.2, 0) is 6.54 Å². The second kappa shape index (κ2) is 15.2. The fourth-order valence-corrected chi connectivity index (χ4v) is 6.32. The van der Waals surface area contributed by atoms with Crippen LogP contribution in [0.2, 0.25) is 0 Å². The van der Waals surface area contributed by atoms with E-state index in [2.05, 4.69) is 17.1 Å². The number of nitrogens with one attached hydrogen (secondary N) is 1. The first-order valence-corrected chi connectivity index (χ1v) is 16.3. The Morgan fingerprint density at radius 1 is 0.915 bits per heavy atom. The van der Waals surface area contributed by atoms with Crippen molar-refractivity contribution < 1.29 is 18.7 Å². The molecule has 0 saturated carbocycles. The van der Waals surface area contributed by atoms with E-state index in [4.69, 9.17) is 16.2 Å². The van der Waals surface area contributed by atoms with Gasteiger partial charge in [0.05, 0.1) is 17.9 Å². The minimum atomic E-state index is -0.542. The molecule has 246 valence electrons. The van der Waals surface area contributed by atoms with Crippen LogP contribution in [0.3, 0.4) is 0 Å². The van der Waals surface area contributed by atoms with Crippen molar-refractivity contribution in [1.29, 1.82) is 0 Å². The molecular formula is C38H44FN5O3. The number of piperazine rings is 1. The molecule has 0 radical (unpaired) electrons. The molecule has 8 nitrogen and oxygen atoms in total. The molecule has 1 aliphatic rings. The number of benzene rings is 4. The van der Waals surface area contributed by atoms with Crippen LogP contribution >= 0.6 is 0 Å². The van der Waals surface area contributed by atoms with E-state index in [0.29, 0.717) is 69.2 Å². The lowest BCUT2D eigenvalue weighted by Crippen LogP contribution is -2.55. The summed E-state index contributed by atoms with van der Waals surface area (Å²) in [5.41, 5.74) is 17.5. The van der Waals surface area contributed by atoms with Crippen molar-refractivity contribution in [1.82, 2.24) is 10.2 Å². The summed E-state index contributed by atoms with van der Waals surface area (Å²) in [6.07, 6.45) is 0.696. The van der Waals surface area contributed by atoms with E-state index in [9.17, 15) is 9.59 Å². The number of carbonyl (C=O) groups excluding carboxylic acids is 2. The highest BCUT2D eigenvalue weighted by molar-refractivity contribution is 6.05. The molecule has 1 aliphatic heterocycles. The van der Waals surface area contributed by atoms with Crippen molar-refractivity contribution in [2.75, 3.05) is 44.2 Å². The maximum atomic E-state index is 15.7. The van der Waals surface area contributed by atoms with Crippen LogP contribution in [0.4, 0.5) is 10.1 Å². The van der Waals surface area contributed by atoms with Gasteiger partial charge in [0.15, 0.2) is 0 Å². The molecule has 1 saturated heterocycles. The van der Waals surface area contributed by atoms with Gasteiger partial charge in [-0.2, -0.15) is 0 Å². The van der Waals surface area contributed by atoms with Gasteiger partial charge in [0.1, 0.15) is 17.1 Å². The second-order valence-electron chi connectivity index (χ2n) is 11.8. The van der Waals surface area contributed by atoms with Gasteiger partial charge in [-0.25, -0.2) is 4.39 Å². The molecule has 4 aromatic carbocycles. The first-order valence-electron chi connectivity index (χ1n) is 16.3. The molecule has 0 unspecified atom stereocenters. The van der Waals surface area contributed by atoms with E-state index in [1.54, 1.807) is 4.90 Å². The van der Waals surface area contributed by atoms with Crippen molar-refractivity contribution in [3.8, 4) is 28.0 Å². The molecule has 5 N–H and O–H groups in total. The van der Waals surface area contributed by atoms with Gasteiger partial charge in [0, 0.05) is 50.9 Å². The number of ether oxygens (including phenoxy) is 1. The number of hydrogen-bond acceptors (Lipinski definition) is 6. The Labute approximate surface area is 276 Å². The normalized spacial score (nSPS) is 14.6. The number of hydrogen-bond donors (Lipinski definition) is 3. The molecule has 0 bridgehead atoms. The van der Waals surface area contributed by atoms with Crippen molar-refractivity contribution in [2.45, 2.75) is 39.8 Å². The third-order valence-electron chi connectivity index (χ3n) is 8.67. The molecule has 4 aromatic rings. The number of nitrogens with two attached hydrogens (primary N) is 2. The quantitative estimate of drug-likeness (QED) is 0.193. The van der Waals surface area contributed by atoms with Crippen LogP contribution in [0.15, 0.2) is 78.9 Å². The van der Waals surface area contributed by atoms with E-state index < -0.39 is 5.82 Å². The maximum absolute atomic E-state index is 15.7. The molecule has 0 spiro atoms. The van der Waals surface area contributed by atoms with Gasteiger partial charge in [-0.05, 0) is 66.3 Å². The standard InChI is InChI=1S/C38H44FN5O3/c1-4-29-24-43(38(46)34-31(21-25(3)22-32(34)39)28-13-11-26(23-41)12-14-28)19-20-44(29)33-16-15-30(27-9-7-6-8-10-27)36(47-5-2)35(33)37(45)42-18-17-40/h6-16,21-22,29H,4-5,17-20,23-24,40-41H2,1-3H3,(H,42,45)/t29-/m1/s1. The summed E-state index contributed by atoms with van der Waals surface area (Å²) in [5.74, 6) is -0.660. The summed E-state index contributed by atoms with van der Waals surface area (Å²) in [6, 6.07) is 24.5. The number of amides is 2. The van der Waals surface area contributed by atoms with Gasteiger partial charge in [-0.3, -0.25) is 9.59 Å². The number of aryl methyl sites for hydroxylation is 1. The summed E-state index contributed by atoms with van der Waals surface area (Å²) in [6.45, 7) is 8.33. The molecule has 1 atom stereocenters. The summed E-state index contributed by atoms with van der Waals surface area (Å²) < 4.78 is 21.9. The summed E-state index contributed by atoms with van der Waals surface area (Å²) in [4.78, 5) is 31.8. The molecule has 0 aliphatic carbocycles. The van der Waals surface area contributed by atoms with Gasteiger partial charge < -0.3 is 31.3 Å². The van der Waals surface area contributed by atoms with E-state index >= 15 is 4.39 Å². The molecule has 9 heteroatoms. The van der Waals surface area contributed by atoms with Crippen molar-refractivity contribution in [3.05, 3.63) is 107 Å². The highest BCUT2D eigenvalue weighted by atomic mass is 19.1. The maximum Gasteiger partial charge on any atom is 0.257 e. The lowest BCUT2D eigenvalue weighted by molar-refractivity contribution is 0.0716. The SMILES string of the molecule is CCOc1c(-c2ccccc2)ccc(N2CCN(C(=O)c3c(F)cc(C)cc3-c3ccc(CN)cc3)C[C@H]2CC)c1C(=O)NCCN. The Bertz CT molecular complexity index is 1710. The van der Waals surface area contributed by atoms with Crippen LogP contribution in [0.25, 0.3) is 22.3 Å². The summed E-state index contributed by atoms with van der Waals surface area (Å²) in [7, 11) is 0. The molecule has 5 rings (SSSR count). The van der Waals surface area contributed by atoms with Gasteiger partial charge in [0.25, 0.3) is 11.8 Å². The van der Waals surface area contributed by atoms with Gasteiger partial charge in [0.2, 0.25) is 0 Å². The molecule has 0 aromatic heterocycles. The van der Waals surface area contributed by atoms with E-state index in [1.165, 1.54) is 6.07 Å². The number of rotatable bonds is 11. The lowest BCUT2D eigenvalue weighted by Gasteiger charge is -2.43. The Balaban J connectivity index is 1.51. The lowest BCUT2D eigenvalue weighted by atomic mass is 9.94. The van der Waals surface area contributed by atoms with E-state index in [0.717, 1.165) is 33.5 Å². The molecule has 2 amide bonds. The minimum Gasteiger partial charge on any atom is -0.492 e. The number of nitrogens with zero attached hydrogens (tertiary/aromatic N) is 2. The third kappa shape index (κ3) is 7.16. The largest absolute Gasteiger partial charge is 0.492 e. The summed E-state index contributed by atoms with van der Waals surface area (Å²) >= 11 is 0. The van der Waals surface area contributed by atoms with Crippen molar-refractivity contribution in [3.63, 3.8) is 0 Å². The van der Waals surface area contributed by atoms with Gasteiger partial charge >= 0.3 is 0 Å². The number of halogens is 1. The highest BCUT2D eigenvalue weighted by Gasteiger charge is 2.34. The Kier molecular flexibility index (Phi) is 10.9. The first-order chi connectivity index (χ1) is 22.8. The average molecular weight is 638 g/mol. The van der Waals surface area contributed by atoms with Crippen LogP contribution in [0.5, 0.6) is 5.75 Å². The molecule has 1 fully saturated rings. The monoisotopic (exact) mass is 637 g/mol. The first kappa shape index (κ1) is 33.6. The summed E-state index contributed by atoms with van der Waals surface area (Å²) in [5, 5.41) is 2.94. The van der Waals surface area contributed by atoms with Gasteiger partial charge in [-0.15, -0.1) is 0 Å². The van der Waals surface area contributed by atoms with Crippen molar-refractivity contribution >= 4 is 17.5 Å². The predicted molar refractivity (Wildman–Crippen MR) is 186 cm³/mol. The molecule has 1 heterocycles. The number of anilines is 1. The van der Waals surface area contributed by atoms with Gasteiger partial charge in [-0.1, -0.05) is 67.6 Å². The van der Waals surface area contributed by atoms with Crippen LogP contribution < -0.4 is 26.4 Å².